The Morgan fingerprint density at radius 2 is 1.68 bits per heavy atom. The van der Waals surface area contributed by atoms with E-state index in [1.54, 1.807) is 9.80 Å². The summed E-state index contributed by atoms with van der Waals surface area (Å²) in [6.07, 6.45) is 1.21. The van der Waals surface area contributed by atoms with Crippen molar-refractivity contribution >= 4 is 23.4 Å². The Morgan fingerprint density at radius 3 is 2.28 bits per heavy atom. The molecule has 1 aliphatic heterocycles. The average Bonchev–Trinajstić information content (AvgIpc) is 2.61. The van der Waals surface area contributed by atoms with Crippen LogP contribution in [0.2, 0.25) is 0 Å². The highest BCUT2D eigenvalue weighted by atomic mass is 16.2. The first-order valence-corrected chi connectivity index (χ1v) is 8.84. The summed E-state index contributed by atoms with van der Waals surface area (Å²) in [6, 6.07) is 5.95. The van der Waals surface area contributed by atoms with E-state index in [1.807, 2.05) is 25.1 Å². The monoisotopic (exact) mass is 345 g/mol. The third-order valence-corrected chi connectivity index (χ3v) is 4.65. The number of piperazine rings is 1. The molecule has 1 aromatic rings. The zero-order valence-corrected chi connectivity index (χ0v) is 15.3. The summed E-state index contributed by atoms with van der Waals surface area (Å²) in [7, 11) is 0. The molecule has 25 heavy (non-hydrogen) atoms. The van der Waals surface area contributed by atoms with Crippen LogP contribution in [0.5, 0.6) is 0 Å². The van der Waals surface area contributed by atoms with E-state index in [4.69, 9.17) is 0 Å². The molecule has 136 valence electrons. The van der Waals surface area contributed by atoms with Crippen LogP contribution >= 0.6 is 0 Å². The van der Waals surface area contributed by atoms with Crippen LogP contribution in [0.15, 0.2) is 18.2 Å². The Kier molecular flexibility index (Phi) is 6.56. The molecule has 3 amide bonds. The lowest BCUT2D eigenvalue weighted by molar-refractivity contribution is -0.138. The van der Waals surface area contributed by atoms with E-state index >= 15 is 0 Å². The number of amides is 3. The van der Waals surface area contributed by atoms with Crippen molar-refractivity contribution in [1.82, 2.24) is 9.80 Å². The molecule has 0 saturated carbocycles. The summed E-state index contributed by atoms with van der Waals surface area (Å²) in [5, 5.41) is 2.95. The third kappa shape index (κ3) is 5.05. The minimum absolute atomic E-state index is 0.0288. The van der Waals surface area contributed by atoms with Gasteiger partial charge in [0.15, 0.2) is 0 Å². The fourth-order valence-corrected chi connectivity index (χ4v) is 3.05. The highest BCUT2D eigenvalue weighted by Crippen LogP contribution is 2.21. The lowest BCUT2D eigenvalue weighted by atomic mass is 10.1. The number of nitrogens with zero attached hydrogens (tertiary/aromatic N) is 2. The second kappa shape index (κ2) is 8.65. The summed E-state index contributed by atoms with van der Waals surface area (Å²) >= 11 is 0. The van der Waals surface area contributed by atoms with E-state index < -0.39 is 0 Å². The maximum atomic E-state index is 12.3. The summed E-state index contributed by atoms with van der Waals surface area (Å²) in [6.45, 7) is 7.77. The number of nitrogens with one attached hydrogen (secondary N) is 1. The predicted molar refractivity (Wildman–Crippen MR) is 97.3 cm³/mol. The summed E-state index contributed by atoms with van der Waals surface area (Å²) in [4.78, 5) is 39.3. The van der Waals surface area contributed by atoms with E-state index in [9.17, 15) is 14.4 Å². The Balaban J connectivity index is 1.82. The predicted octanol–water partition coefficient (Wildman–Crippen LogP) is 1.97. The standard InChI is InChI=1S/C19H27N3O3/c1-4-16-7-5-6-14(2)19(16)20-17(24)8-9-18(25)22-12-10-21(11-13-22)15(3)23/h5-7H,4,8-13H2,1-3H3,(H,20,24). The van der Waals surface area contributed by atoms with Gasteiger partial charge in [-0.1, -0.05) is 25.1 Å². The Hall–Kier alpha value is -2.37. The van der Waals surface area contributed by atoms with Crippen molar-refractivity contribution < 1.29 is 14.4 Å². The second-order valence-electron chi connectivity index (χ2n) is 6.40. The highest BCUT2D eigenvalue weighted by Gasteiger charge is 2.22. The van der Waals surface area contributed by atoms with Gasteiger partial charge < -0.3 is 15.1 Å². The molecule has 0 unspecified atom stereocenters. The van der Waals surface area contributed by atoms with Gasteiger partial charge in [-0.3, -0.25) is 14.4 Å². The molecule has 1 aromatic carbocycles. The van der Waals surface area contributed by atoms with Gasteiger partial charge in [-0.05, 0) is 24.5 Å². The summed E-state index contributed by atoms with van der Waals surface area (Å²) in [5.41, 5.74) is 2.98. The van der Waals surface area contributed by atoms with Crippen LogP contribution in [-0.4, -0.2) is 53.7 Å². The number of rotatable bonds is 5. The smallest absolute Gasteiger partial charge is 0.224 e. The average molecular weight is 345 g/mol. The van der Waals surface area contributed by atoms with E-state index in [1.165, 1.54) is 6.92 Å². The molecule has 1 fully saturated rings. The van der Waals surface area contributed by atoms with Gasteiger partial charge in [0.05, 0.1) is 0 Å². The Labute approximate surface area is 149 Å². The molecule has 0 aromatic heterocycles. The second-order valence-corrected chi connectivity index (χ2v) is 6.40. The molecular formula is C19H27N3O3. The van der Waals surface area contributed by atoms with Crippen molar-refractivity contribution in [2.24, 2.45) is 0 Å². The van der Waals surface area contributed by atoms with Gasteiger partial charge in [-0.25, -0.2) is 0 Å². The zero-order valence-electron chi connectivity index (χ0n) is 15.3. The number of benzene rings is 1. The topological polar surface area (TPSA) is 69.7 Å². The van der Waals surface area contributed by atoms with E-state index in [0.717, 1.165) is 23.2 Å². The van der Waals surface area contributed by atoms with Gasteiger partial charge in [0.1, 0.15) is 0 Å². The first-order valence-electron chi connectivity index (χ1n) is 8.84. The highest BCUT2D eigenvalue weighted by molar-refractivity contribution is 5.94. The largest absolute Gasteiger partial charge is 0.339 e. The molecule has 2 rings (SSSR count). The zero-order chi connectivity index (χ0) is 18.4. The van der Waals surface area contributed by atoms with Gasteiger partial charge in [0.2, 0.25) is 17.7 Å². The SMILES string of the molecule is CCc1cccc(C)c1NC(=O)CCC(=O)N1CCN(C(C)=O)CC1. The molecule has 0 spiro atoms. The molecule has 0 atom stereocenters. The Bertz CT molecular complexity index is 649. The summed E-state index contributed by atoms with van der Waals surface area (Å²) in [5.74, 6) is -0.130. The minimum Gasteiger partial charge on any atom is -0.339 e. The van der Waals surface area contributed by atoms with Crippen molar-refractivity contribution in [3.63, 3.8) is 0 Å². The van der Waals surface area contributed by atoms with Crippen molar-refractivity contribution in [3.8, 4) is 0 Å². The first kappa shape index (κ1) is 19.0. The summed E-state index contributed by atoms with van der Waals surface area (Å²) < 4.78 is 0. The van der Waals surface area contributed by atoms with E-state index in [0.29, 0.717) is 26.2 Å². The lowest BCUT2D eigenvalue weighted by Crippen LogP contribution is -2.50. The normalized spacial score (nSPS) is 14.4. The fraction of sp³-hybridized carbons (Fsp3) is 0.526. The molecule has 1 N–H and O–H groups in total. The molecule has 6 heteroatoms. The van der Waals surface area contributed by atoms with Gasteiger partial charge in [0, 0.05) is 51.6 Å². The molecule has 0 bridgehead atoms. The molecule has 1 heterocycles. The van der Waals surface area contributed by atoms with Crippen LogP contribution in [0, 0.1) is 6.92 Å². The number of anilines is 1. The van der Waals surface area contributed by atoms with Crippen LogP contribution in [-0.2, 0) is 20.8 Å². The first-order chi connectivity index (χ1) is 11.9. The molecule has 1 aliphatic rings. The molecule has 6 nitrogen and oxygen atoms in total. The van der Waals surface area contributed by atoms with Crippen molar-refractivity contribution in [2.45, 2.75) is 40.0 Å². The van der Waals surface area contributed by atoms with Crippen molar-refractivity contribution in [3.05, 3.63) is 29.3 Å². The fourth-order valence-electron chi connectivity index (χ4n) is 3.05. The molecule has 0 aliphatic carbocycles. The number of hydrogen-bond donors (Lipinski definition) is 1. The quantitative estimate of drug-likeness (QED) is 0.887. The number of carbonyl (C=O) groups is 3. The van der Waals surface area contributed by atoms with E-state index in [-0.39, 0.29) is 30.6 Å². The maximum Gasteiger partial charge on any atom is 0.224 e. The van der Waals surface area contributed by atoms with Crippen LogP contribution in [0.25, 0.3) is 0 Å². The third-order valence-electron chi connectivity index (χ3n) is 4.65. The van der Waals surface area contributed by atoms with Crippen LogP contribution in [0.4, 0.5) is 5.69 Å². The van der Waals surface area contributed by atoms with Gasteiger partial charge in [-0.15, -0.1) is 0 Å². The minimum atomic E-state index is -0.139. The van der Waals surface area contributed by atoms with Gasteiger partial charge in [0.25, 0.3) is 0 Å². The number of aryl methyl sites for hydroxylation is 2. The maximum absolute atomic E-state index is 12.3. The number of para-hydroxylation sites is 1. The Morgan fingerprint density at radius 1 is 1.04 bits per heavy atom. The van der Waals surface area contributed by atoms with E-state index in [2.05, 4.69) is 12.2 Å². The number of carbonyl (C=O) groups excluding carboxylic acids is 3. The van der Waals surface area contributed by atoms with Gasteiger partial charge >= 0.3 is 0 Å². The van der Waals surface area contributed by atoms with Crippen molar-refractivity contribution in [2.75, 3.05) is 31.5 Å². The lowest BCUT2D eigenvalue weighted by Gasteiger charge is -2.34. The van der Waals surface area contributed by atoms with Gasteiger partial charge in [-0.2, -0.15) is 0 Å². The molecule has 1 saturated heterocycles. The van der Waals surface area contributed by atoms with Crippen LogP contribution in [0.3, 0.4) is 0 Å². The number of hydrogen-bond acceptors (Lipinski definition) is 3. The van der Waals surface area contributed by atoms with Crippen molar-refractivity contribution in [1.29, 1.82) is 0 Å². The van der Waals surface area contributed by atoms with Crippen LogP contribution in [0.1, 0.15) is 37.8 Å². The van der Waals surface area contributed by atoms with Crippen LogP contribution < -0.4 is 5.32 Å². The molecule has 0 radical (unpaired) electrons. The molecular weight excluding hydrogens is 318 g/mol.